The number of carboxylic acid groups (broad SMARTS) is 1. The Kier molecular flexibility index (Phi) is 3.23. The van der Waals surface area contributed by atoms with E-state index in [0.717, 1.165) is 5.01 Å². The molecule has 1 rings (SSSR count). The molecule has 1 unspecified atom stereocenters. The summed E-state index contributed by atoms with van der Waals surface area (Å²) >= 11 is 1.42. The second-order valence-corrected chi connectivity index (χ2v) is 4.09. The Bertz CT molecular complexity index is 337. The van der Waals surface area contributed by atoms with Crippen LogP contribution in [-0.4, -0.2) is 22.7 Å². The molecule has 5 heteroatoms. The number of carbonyl (C=O) groups is 1. The number of aliphatic carboxylic acids is 1. The van der Waals surface area contributed by atoms with Gasteiger partial charge in [-0.25, -0.2) is 9.78 Å². The number of rotatable bonds is 4. The summed E-state index contributed by atoms with van der Waals surface area (Å²) in [5.41, 5.74) is -0.853. The third kappa shape index (κ3) is 1.93. The molecule has 78 valence electrons. The van der Waals surface area contributed by atoms with Gasteiger partial charge in [0.15, 0.2) is 0 Å². The van der Waals surface area contributed by atoms with Crippen molar-refractivity contribution in [3.8, 4) is 0 Å². The smallest absolute Gasteiger partial charge is 0.342 e. The number of aryl methyl sites for hydroxylation is 1. The fourth-order valence-electron chi connectivity index (χ4n) is 1.12. The largest absolute Gasteiger partial charge is 0.479 e. The summed E-state index contributed by atoms with van der Waals surface area (Å²) in [6.45, 7) is 5.47. The van der Waals surface area contributed by atoms with Gasteiger partial charge in [0.25, 0.3) is 0 Å². The quantitative estimate of drug-likeness (QED) is 0.831. The van der Waals surface area contributed by atoms with Crippen molar-refractivity contribution in [1.82, 2.24) is 4.98 Å². The van der Waals surface area contributed by atoms with E-state index in [1.54, 1.807) is 12.3 Å². The molecule has 1 N–H and O–H groups in total. The Morgan fingerprint density at radius 3 is 2.79 bits per heavy atom. The van der Waals surface area contributed by atoms with Crippen molar-refractivity contribution < 1.29 is 14.6 Å². The highest BCUT2D eigenvalue weighted by atomic mass is 32.1. The Hall–Kier alpha value is -0.940. The molecular weight excluding hydrogens is 202 g/mol. The zero-order chi connectivity index (χ0) is 10.8. The van der Waals surface area contributed by atoms with Crippen molar-refractivity contribution in [2.24, 2.45) is 0 Å². The lowest BCUT2D eigenvalue weighted by Gasteiger charge is -2.22. The normalized spacial score (nSPS) is 15.1. The van der Waals surface area contributed by atoms with Gasteiger partial charge in [-0.2, -0.15) is 0 Å². The molecule has 0 fully saturated rings. The first-order valence-corrected chi connectivity index (χ1v) is 5.18. The molecule has 0 saturated heterocycles. The minimum atomic E-state index is -1.32. The molecule has 0 amide bonds. The van der Waals surface area contributed by atoms with Gasteiger partial charge >= 0.3 is 5.97 Å². The van der Waals surface area contributed by atoms with E-state index < -0.39 is 11.6 Å². The van der Waals surface area contributed by atoms with Gasteiger partial charge in [0.1, 0.15) is 0 Å². The van der Waals surface area contributed by atoms with Crippen LogP contribution < -0.4 is 0 Å². The van der Waals surface area contributed by atoms with E-state index in [1.165, 1.54) is 18.3 Å². The second-order valence-electron chi connectivity index (χ2n) is 3.02. The van der Waals surface area contributed by atoms with Gasteiger partial charge in [0.05, 0.1) is 10.7 Å². The van der Waals surface area contributed by atoms with Crippen LogP contribution in [0.1, 0.15) is 24.5 Å². The minimum Gasteiger partial charge on any atom is -0.479 e. The van der Waals surface area contributed by atoms with E-state index >= 15 is 0 Å². The Morgan fingerprint density at radius 2 is 2.43 bits per heavy atom. The first-order chi connectivity index (χ1) is 6.50. The Labute approximate surface area is 86.6 Å². The number of nitrogens with zero attached hydrogens (tertiary/aromatic N) is 1. The summed E-state index contributed by atoms with van der Waals surface area (Å²) in [5.74, 6) is -1.01. The Morgan fingerprint density at radius 1 is 1.79 bits per heavy atom. The van der Waals surface area contributed by atoms with Crippen LogP contribution in [0.4, 0.5) is 0 Å². The van der Waals surface area contributed by atoms with E-state index in [-0.39, 0.29) is 0 Å². The van der Waals surface area contributed by atoms with Gasteiger partial charge in [-0.3, -0.25) is 0 Å². The molecular formula is C9H13NO3S. The predicted octanol–water partition coefficient (Wildman–Crippen LogP) is 1.79. The van der Waals surface area contributed by atoms with Gasteiger partial charge in [0.2, 0.25) is 5.60 Å². The zero-order valence-electron chi connectivity index (χ0n) is 8.40. The lowest BCUT2D eigenvalue weighted by Crippen LogP contribution is -2.35. The maximum Gasteiger partial charge on any atom is 0.342 e. The fraction of sp³-hybridized carbons (Fsp3) is 0.556. The molecule has 1 aromatic heterocycles. The number of ether oxygens (including phenoxy) is 1. The average molecular weight is 215 g/mol. The summed E-state index contributed by atoms with van der Waals surface area (Å²) in [7, 11) is 0. The molecule has 1 heterocycles. The molecule has 0 aliphatic rings. The molecule has 0 spiro atoms. The maximum atomic E-state index is 11.1. The van der Waals surface area contributed by atoms with Crippen molar-refractivity contribution >= 4 is 17.3 Å². The highest BCUT2D eigenvalue weighted by Gasteiger charge is 2.38. The summed E-state index contributed by atoms with van der Waals surface area (Å²) in [6.07, 6.45) is 0. The molecule has 0 aromatic carbocycles. The van der Waals surface area contributed by atoms with Crippen molar-refractivity contribution in [3.63, 3.8) is 0 Å². The van der Waals surface area contributed by atoms with E-state index in [0.29, 0.717) is 12.3 Å². The minimum absolute atomic E-state index is 0.347. The molecule has 0 radical (unpaired) electrons. The van der Waals surface area contributed by atoms with Gasteiger partial charge < -0.3 is 9.84 Å². The van der Waals surface area contributed by atoms with Crippen LogP contribution in [0.2, 0.25) is 0 Å². The van der Waals surface area contributed by atoms with E-state index in [2.05, 4.69) is 4.98 Å². The number of hydrogen-bond donors (Lipinski definition) is 1. The van der Waals surface area contributed by atoms with E-state index in [4.69, 9.17) is 9.84 Å². The zero-order valence-corrected chi connectivity index (χ0v) is 9.22. The van der Waals surface area contributed by atoms with Gasteiger partial charge in [-0.05, 0) is 20.8 Å². The van der Waals surface area contributed by atoms with Crippen molar-refractivity contribution in [1.29, 1.82) is 0 Å². The van der Waals surface area contributed by atoms with Gasteiger partial charge in [0, 0.05) is 12.0 Å². The highest BCUT2D eigenvalue weighted by molar-refractivity contribution is 7.09. The molecule has 1 atom stereocenters. The monoisotopic (exact) mass is 215 g/mol. The molecule has 0 aliphatic carbocycles. The molecule has 4 nitrogen and oxygen atoms in total. The Balaban J connectivity index is 3.05. The maximum absolute atomic E-state index is 11.1. The third-order valence-corrected chi connectivity index (χ3v) is 2.72. The van der Waals surface area contributed by atoms with Crippen LogP contribution >= 0.6 is 11.3 Å². The fourth-order valence-corrected chi connectivity index (χ4v) is 1.83. The lowest BCUT2D eigenvalue weighted by atomic mass is 10.0. The molecule has 0 aliphatic heterocycles. The van der Waals surface area contributed by atoms with E-state index in [1.807, 2.05) is 6.92 Å². The molecule has 0 bridgehead atoms. The summed E-state index contributed by atoms with van der Waals surface area (Å²) < 4.78 is 5.23. The topological polar surface area (TPSA) is 59.4 Å². The first-order valence-electron chi connectivity index (χ1n) is 4.30. The number of thiazole rings is 1. The number of carboxylic acids is 1. The number of aromatic nitrogens is 1. The SMILES string of the molecule is CCOC(C)(C(=O)O)c1csc(C)n1. The summed E-state index contributed by atoms with van der Waals surface area (Å²) in [6, 6.07) is 0. The first kappa shape index (κ1) is 11.1. The molecule has 1 aromatic rings. The summed E-state index contributed by atoms with van der Waals surface area (Å²) in [5, 5.41) is 11.6. The van der Waals surface area contributed by atoms with Crippen LogP contribution in [0.3, 0.4) is 0 Å². The van der Waals surface area contributed by atoms with Crippen LogP contribution in [0.25, 0.3) is 0 Å². The number of hydrogen-bond acceptors (Lipinski definition) is 4. The predicted molar refractivity (Wildman–Crippen MR) is 53.5 cm³/mol. The van der Waals surface area contributed by atoms with Crippen molar-refractivity contribution in [2.45, 2.75) is 26.4 Å². The van der Waals surface area contributed by atoms with Crippen LogP contribution in [-0.2, 0) is 15.1 Å². The van der Waals surface area contributed by atoms with E-state index in [9.17, 15) is 4.79 Å². The highest BCUT2D eigenvalue weighted by Crippen LogP contribution is 2.26. The lowest BCUT2D eigenvalue weighted by molar-refractivity contribution is -0.165. The average Bonchev–Trinajstić information content (AvgIpc) is 2.52. The van der Waals surface area contributed by atoms with Crippen LogP contribution in [0.5, 0.6) is 0 Å². The van der Waals surface area contributed by atoms with Crippen LogP contribution in [0, 0.1) is 6.92 Å². The third-order valence-electron chi connectivity index (χ3n) is 1.95. The standard InChI is InChI=1S/C9H13NO3S/c1-4-13-9(3,8(11)12)7-5-14-6(2)10-7/h5H,4H2,1-3H3,(H,11,12). The van der Waals surface area contributed by atoms with Crippen molar-refractivity contribution in [3.05, 3.63) is 16.1 Å². The molecule has 0 saturated carbocycles. The molecule has 14 heavy (non-hydrogen) atoms. The van der Waals surface area contributed by atoms with Gasteiger partial charge in [-0.15, -0.1) is 11.3 Å². The van der Waals surface area contributed by atoms with Crippen LogP contribution in [0.15, 0.2) is 5.38 Å². The van der Waals surface area contributed by atoms with Crippen molar-refractivity contribution in [2.75, 3.05) is 6.61 Å². The second kappa shape index (κ2) is 4.06. The van der Waals surface area contributed by atoms with Gasteiger partial charge in [-0.1, -0.05) is 0 Å². The summed E-state index contributed by atoms with van der Waals surface area (Å²) in [4.78, 5) is 15.2.